The lowest BCUT2D eigenvalue weighted by atomic mass is 9.53. The molecular weight excluding hydrogens is 457 g/mol. The highest BCUT2D eigenvalue weighted by Crippen LogP contribution is 2.58. The molecule has 9 heteroatoms. The first-order valence-electron chi connectivity index (χ1n) is 12.4. The molecule has 35 heavy (non-hydrogen) atoms. The summed E-state index contributed by atoms with van der Waals surface area (Å²) in [6, 6.07) is 5.73. The summed E-state index contributed by atoms with van der Waals surface area (Å²) in [5.41, 5.74) is 0.0368. The van der Waals surface area contributed by atoms with Crippen LogP contribution in [0.4, 0.5) is 18.9 Å². The lowest BCUT2D eigenvalue weighted by molar-refractivity contribution is -0.148. The van der Waals surface area contributed by atoms with Crippen LogP contribution in [0, 0.1) is 28.5 Å². The zero-order chi connectivity index (χ0) is 24.4. The van der Waals surface area contributed by atoms with Crippen LogP contribution in [0.25, 0.3) is 0 Å². The summed E-state index contributed by atoms with van der Waals surface area (Å²) in [6.45, 7) is 0.329. The van der Waals surface area contributed by atoms with Crippen molar-refractivity contribution >= 4 is 11.6 Å². The number of aromatic nitrogens is 2. The van der Waals surface area contributed by atoms with Crippen LogP contribution in [0.2, 0.25) is 0 Å². The molecule has 5 saturated carbocycles. The van der Waals surface area contributed by atoms with Crippen molar-refractivity contribution in [3.63, 3.8) is 0 Å². The van der Waals surface area contributed by atoms with E-state index >= 15 is 0 Å². The van der Waals surface area contributed by atoms with Gasteiger partial charge in [-0.15, -0.1) is 0 Å². The van der Waals surface area contributed by atoms with Gasteiger partial charge in [-0.1, -0.05) is 5.16 Å². The van der Waals surface area contributed by atoms with Crippen molar-refractivity contribution in [1.29, 1.82) is 5.26 Å². The van der Waals surface area contributed by atoms with E-state index in [1.165, 1.54) is 17.0 Å². The van der Waals surface area contributed by atoms with E-state index in [1.54, 1.807) is 0 Å². The van der Waals surface area contributed by atoms with Gasteiger partial charge in [-0.05, 0) is 75.0 Å². The molecule has 5 aliphatic rings. The molecule has 1 aromatic heterocycles. The van der Waals surface area contributed by atoms with E-state index in [0.29, 0.717) is 12.5 Å². The maximum atomic E-state index is 14.3. The molecule has 6 nitrogen and oxygen atoms in total. The fourth-order valence-corrected chi connectivity index (χ4v) is 6.26. The maximum absolute atomic E-state index is 14.3. The zero-order valence-corrected chi connectivity index (χ0v) is 19.4. The number of nitrogens with zero attached hydrogens (tertiary/aromatic N) is 4. The van der Waals surface area contributed by atoms with Gasteiger partial charge in [-0.3, -0.25) is 4.79 Å². The van der Waals surface area contributed by atoms with Crippen molar-refractivity contribution in [2.24, 2.45) is 11.3 Å². The third-order valence-electron chi connectivity index (χ3n) is 8.76. The molecule has 0 saturated heterocycles. The molecule has 0 N–H and O–H groups in total. The summed E-state index contributed by atoms with van der Waals surface area (Å²) in [5.74, 6) is -2.69. The molecule has 1 heterocycles. The number of hydrogen-bond acceptors (Lipinski definition) is 5. The Labute approximate surface area is 201 Å². The second-order valence-corrected chi connectivity index (χ2v) is 11.2. The zero-order valence-electron chi connectivity index (χ0n) is 19.4. The molecule has 1 aromatic carbocycles. The predicted molar refractivity (Wildman–Crippen MR) is 119 cm³/mol. The average molecular weight is 485 g/mol. The molecule has 0 spiro atoms. The number of halogens is 3. The van der Waals surface area contributed by atoms with Crippen molar-refractivity contribution in [2.75, 3.05) is 11.4 Å². The first-order valence-corrected chi connectivity index (χ1v) is 12.4. The van der Waals surface area contributed by atoms with Crippen LogP contribution < -0.4 is 4.90 Å². The number of rotatable bonds is 6. The number of carbonyl (C=O) groups is 1. The lowest BCUT2D eigenvalue weighted by Crippen LogP contribution is -2.53. The lowest BCUT2D eigenvalue weighted by Gasteiger charge is -2.53. The van der Waals surface area contributed by atoms with E-state index < -0.39 is 36.4 Å². The summed E-state index contributed by atoms with van der Waals surface area (Å²) in [4.78, 5) is 19.6. The van der Waals surface area contributed by atoms with Crippen LogP contribution in [0.15, 0.2) is 22.7 Å². The van der Waals surface area contributed by atoms with Gasteiger partial charge in [-0.25, -0.2) is 13.2 Å². The Bertz CT molecular complexity index is 1180. The van der Waals surface area contributed by atoms with Crippen molar-refractivity contribution in [2.45, 2.75) is 81.5 Å². The molecule has 7 rings (SSSR count). The van der Waals surface area contributed by atoms with Gasteiger partial charge < -0.3 is 9.42 Å². The fraction of sp³-hybridized carbons (Fsp3) is 0.615. The average Bonchev–Trinajstić information content (AvgIpc) is 3.57. The molecule has 2 bridgehead atoms. The third-order valence-corrected chi connectivity index (χ3v) is 8.76. The van der Waals surface area contributed by atoms with Gasteiger partial charge in [0.05, 0.1) is 11.6 Å². The van der Waals surface area contributed by atoms with Crippen molar-refractivity contribution in [1.82, 2.24) is 10.1 Å². The highest BCUT2D eigenvalue weighted by Gasteiger charge is 2.55. The summed E-state index contributed by atoms with van der Waals surface area (Å²) < 4.78 is 47.1. The first-order chi connectivity index (χ1) is 16.7. The molecule has 5 aliphatic carbocycles. The fourth-order valence-electron chi connectivity index (χ4n) is 6.26. The molecule has 1 amide bonds. The summed E-state index contributed by atoms with van der Waals surface area (Å²) in [5, 5.41) is 13.5. The molecule has 2 aromatic rings. The number of anilines is 1. The van der Waals surface area contributed by atoms with E-state index in [0.717, 1.165) is 69.1 Å². The Morgan fingerprint density at radius 1 is 1.11 bits per heavy atom. The summed E-state index contributed by atoms with van der Waals surface area (Å²) in [7, 11) is 0. The van der Waals surface area contributed by atoms with E-state index in [4.69, 9.17) is 9.51 Å². The Morgan fingerprint density at radius 3 is 2.40 bits per heavy atom. The molecule has 184 valence electrons. The van der Waals surface area contributed by atoms with Gasteiger partial charge in [-0.2, -0.15) is 10.2 Å². The molecule has 0 aliphatic heterocycles. The van der Waals surface area contributed by atoms with E-state index in [1.807, 2.05) is 6.07 Å². The van der Waals surface area contributed by atoms with Crippen LogP contribution >= 0.6 is 0 Å². The van der Waals surface area contributed by atoms with E-state index in [-0.39, 0.29) is 22.1 Å². The summed E-state index contributed by atoms with van der Waals surface area (Å²) in [6.07, 6.45) is 6.31. The Balaban J connectivity index is 1.24. The molecule has 5 fully saturated rings. The molecule has 0 radical (unpaired) electrons. The van der Waals surface area contributed by atoms with Crippen LogP contribution in [0.1, 0.15) is 87.4 Å². The van der Waals surface area contributed by atoms with Crippen LogP contribution in [0.5, 0.6) is 0 Å². The highest BCUT2D eigenvalue weighted by atomic mass is 19.3. The number of fused-ring (bicyclic) bond motifs is 3. The summed E-state index contributed by atoms with van der Waals surface area (Å²) >= 11 is 0. The van der Waals surface area contributed by atoms with Crippen LogP contribution in [-0.4, -0.2) is 28.5 Å². The van der Waals surface area contributed by atoms with E-state index in [2.05, 4.69) is 5.16 Å². The topological polar surface area (TPSA) is 83.0 Å². The maximum Gasteiger partial charge on any atom is 0.249 e. The number of benzene rings is 1. The molecule has 0 atom stereocenters. The SMILES string of the molecule is N#Cc1cc(F)cc(N(CC23CCC(c4nc(C5CC5)no4)(CC2)CC3)C(=O)C2CC(F)(F)C2)c1. The van der Waals surface area contributed by atoms with Gasteiger partial charge in [0.25, 0.3) is 0 Å². The van der Waals surface area contributed by atoms with Gasteiger partial charge in [0, 0.05) is 42.3 Å². The molecular formula is C26H27F3N4O2. The Hall–Kier alpha value is -2.89. The van der Waals surface area contributed by atoms with Crippen molar-refractivity contribution in [3.8, 4) is 6.07 Å². The largest absolute Gasteiger partial charge is 0.339 e. The minimum absolute atomic E-state index is 0.100. The standard InChI is InChI=1S/C26H27F3N4O2/c27-19-9-16(14-30)10-20(11-19)33(22(34)18-12-26(28,29)13-18)15-24-3-6-25(7-4-24,8-5-24)23-31-21(32-35-23)17-1-2-17/h9-11,17-18H,1-8,12-13,15H2. The number of carbonyl (C=O) groups excluding carboxylic acids is 1. The number of alkyl halides is 2. The van der Waals surface area contributed by atoms with Gasteiger partial charge in [0.2, 0.25) is 17.7 Å². The second kappa shape index (κ2) is 7.81. The predicted octanol–water partition coefficient (Wildman–Crippen LogP) is 5.63. The van der Waals surface area contributed by atoms with Crippen LogP contribution in [0.3, 0.4) is 0 Å². The smallest absolute Gasteiger partial charge is 0.249 e. The third kappa shape index (κ3) is 4.01. The normalized spacial score (nSPS) is 29.4. The minimum atomic E-state index is -2.83. The van der Waals surface area contributed by atoms with Gasteiger partial charge >= 0.3 is 0 Å². The minimum Gasteiger partial charge on any atom is -0.339 e. The van der Waals surface area contributed by atoms with Crippen molar-refractivity contribution in [3.05, 3.63) is 41.3 Å². The Kier molecular flexibility index (Phi) is 5.03. The van der Waals surface area contributed by atoms with Gasteiger partial charge in [0.1, 0.15) is 5.82 Å². The van der Waals surface area contributed by atoms with Crippen molar-refractivity contribution < 1.29 is 22.5 Å². The Morgan fingerprint density at radius 2 is 1.80 bits per heavy atom. The highest BCUT2D eigenvalue weighted by molar-refractivity contribution is 5.96. The first kappa shape index (κ1) is 22.6. The monoisotopic (exact) mass is 484 g/mol. The number of nitriles is 1. The quantitative estimate of drug-likeness (QED) is 0.531. The number of hydrogen-bond donors (Lipinski definition) is 0. The second-order valence-electron chi connectivity index (χ2n) is 11.2. The molecule has 0 unspecified atom stereocenters. The van der Waals surface area contributed by atoms with Gasteiger partial charge in [0.15, 0.2) is 5.82 Å². The number of amides is 1. The van der Waals surface area contributed by atoms with Crippen LogP contribution in [-0.2, 0) is 10.2 Å². The van der Waals surface area contributed by atoms with E-state index in [9.17, 15) is 23.2 Å².